The van der Waals surface area contributed by atoms with Gasteiger partial charge in [-0.1, -0.05) is 118 Å². The fourth-order valence-corrected chi connectivity index (χ4v) is 14.4. The summed E-state index contributed by atoms with van der Waals surface area (Å²) in [5.41, 5.74) is 21.3. The first-order chi connectivity index (χ1) is 58.0. The largest absolute Gasteiger partial charge is 0.451 e. The molecule has 2 aliphatic carbocycles. The number of rotatable bonds is 13. The highest BCUT2D eigenvalue weighted by Gasteiger charge is 2.38. The van der Waals surface area contributed by atoms with Crippen molar-refractivity contribution in [1.29, 1.82) is 0 Å². The van der Waals surface area contributed by atoms with Gasteiger partial charge in [0.05, 0.1) is 36.2 Å². The quantitative estimate of drug-likeness (QED) is 0.0975. The summed E-state index contributed by atoms with van der Waals surface area (Å²) in [7, 11) is 0. The van der Waals surface area contributed by atoms with E-state index in [4.69, 9.17) is 9.97 Å². The molecule has 18 rings (SSSR count). The Kier molecular flexibility index (Phi) is 29.7. The number of anilines is 1. The standard InChI is InChI=1S/C14H21N3.C13H17F4N3.C12H15N3.C11H12F3N3.3C11H15N3.C9H11N3/c1-9(2)12-6-13(17-7-10(3)8-17)16-14(15-12)11-4-5-11;1-8(2)11-5-10(7-20-4-3-9(14)6-20)18-12(19-11)13(15,16)17;1-8(2)11-7-10(9-3-4-9)14-12-5-6-13-15(11)12;1-6(2)8-4-7(3)15-10-5-9(11(12,13)14)16-17(8)10;2*1-7(2)10-5-9(4)13-11-8(3)6-12-14(10)11;1-7(2)10-5-8(3)12-11-6-9(4)13-14(10)11;1-7(2)8-3-5-10-9-4-6-11-12(8)9/h6,9-11H,4-5,7-8H2,1-3H3;5,8-9H,3-4,6-7H2,1-2H3;5-9H,3-4H2,1-2H3;4-6H,1-3H3;3*5-7H,1-4H3;3-7H,1-2H3. The Balaban J connectivity index is 0.000000137. The number of alkyl halides is 7. The van der Waals surface area contributed by atoms with Gasteiger partial charge in [0.1, 0.15) is 17.8 Å². The third kappa shape index (κ3) is 23.7. The normalized spacial score (nSPS) is 15.0. The molecule has 31 heteroatoms. The first-order valence-electron chi connectivity index (χ1n) is 43.0. The Morgan fingerprint density at radius 2 is 0.862 bits per heavy atom. The molecule has 0 spiro atoms. The molecule has 0 bridgehead atoms. The van der Waals surface area contributed by atoms with E-state index in [1.54, 1.807) is 44.0 Å². The van der Waals surface area contributed by atoms with Gasteiger partial charge in [0.15, 0.2) is 39.6 Å². The second-order valence-corrected chi connectivity index (χ2v) is 35.5. The summed E-state index contributed by atoms with van der Waals surface area (Å²) in [6, 6.07) is 22.9. The summed E-state index contributed by atoms with van der Waals surface area (Å²) < 4.78 is 100. The number of hydrogen-bond acceptors (Lipinski definition) is 18. The lowest BCUT2D eigenvalue weighted by atomic mass is 10.0. The van der Waals surface area contributed by atoms with Crippen LogP contribution in [0.1, 0.15) is 323 Å². The number of halogens is 7. The van der Waals surface area contributed by atoms with E-state index in [0.29, 0.717) is 77.4 Å². The summed E-state index contributed by atoms with van der Waals surface area (Å²) in [5, 5.41) is 25.2. The van der Waals surface area contributed by atoms with Crippen molar-refractivity contribution in [2.24, 2.45) is 5.92 Å². The van der Waals surface area contributed by atoms with Crippen molar-refractivity contribution in [3.8, 4) is 0 Å². The lowest BCUT2D eigenvalue weighted by Crippen LogP contribution is -2.45. The van der Waals surface area contributed by atoms with E-state index in [2.05, 4.69) is 196 Å². The van der Waals surface area contributed by atoms with E-state index >= 15 is 0 Å². The second-order valence-electron chi connectivity index (χ2n) is 35.5. The first kappa shape index (κ1) is 92.9. The van der Waals surface area contributed by atoms with Crippen LogP contribution in [0, 0.1) is 54.4 Å². The van der Waals surface area contributed by atoms with Gasteiger partial charge in [0, 0.05) is 166 Å². The minimum atomic E-state index is -4.56. The summed E-state index contributed by atoms with van der Waals surface area (Å²) in [6.45, 7) is 53.0. The molecule has 0 radical (unpaired) electrons. The van der Waals surface area contributed by atoms with Crippen molar-refractivity contribution >= 4 is 39.7 Å². The molecule has 2 saturated heterocycles. The van der Waals surface area contributed by atoms with Crippen LogP contribution >= 0.6 is 0 Å². The SMILES string of the molecule is CC(C)c1cc(C2CC2)nc2ccnn12.CC(C)c1cc(CN2CCC(F)C2)nc(C(F)(F)F)n1.CC(C)c1ccnc2ccnn12.CC1CN(c2cc(C(C)C)nc(C3CC3)n2)C1.Cc1cc(C(C)C)n2nc(C(F)(F)F)cc2n1.Cc1cc(C(C)C)n2nc(C)cc2n1.Cc1cc(C(C)C)n2ncc(C)c2n1.Cc1cc(C(C)C)n2ncc(C)c2n1. The molecular formula is C92H121F7N24. The third-order valence-electron chi connectivity index (χ3n) is 21.4. The number of aromatic nitrogens is 22. The molecule has 0 amide bonds. The van der Waals surface area contributed by atoms with Crippen LogP contribution in [0.25, 0.3) is 33.9 Å². The molecule has 1 unspecified atom stereocenters. The van der Waals surface area contributed by atoms with Crippen molar-refractivity contribution in [1.82, 2.24) is 112 Å². The lowest BCUT2D eigenvalue weighted by molar-refractivity contribution is -0.145. The van der Waals surface area contributed by atoms with Crippen molar-refractivity contribution in [3.05, 3.63) is 218 Å². The molecule has 4 fully saturated rings. The lowest BCUT2D eigenvalue weighted by Gasteiger charge is -2.38. The van der Waals surface area contributed by atoms with Gasteiger partial charge in [-0.05, 0) is 176 Å². The Labute approximate surface area is 716 Å². The van der Waals surface area contributed by atoms with E-state index in [1.165, 1.54) is 70.1 Å². The average Bonchev–Trinajstić information content (AvgIpc) is 1.63. The van der Waals surface area contributed by atoms with Crippen molar-refractivity contribution in [2.75, 3.05) is 31.1 Å². The van der Waals surface area contributed by atoms with Crippen LogP contribution in [0.15, 0.2) is 104 Å². The van der Waals surface area contributed by atoms with E-state index in [1.807, 2.05) is 127 Å². The molecule has 0 N–H and O–H groups in total. The highest BCUT2D eigenvalue weighted by atomic mass is 19.4. The van der Waals surface area contributed by atoms with Crippen LogP contribution in [-0.2, 0) is 18.9 Å². The van der Waals surface area contributed by atoms with Gasteiger partial charge in [-0.2, -0.15) is 56.9 Å². The molecule has 658 valence electrons. The number of nitrogens with zero attached hydrogens (tertiary/aromatic N) is 24. The Hall–Kier alpha value is -10.9. The molecular weight excluding hydrogens is 1570 g/mol. The Morgan fingerprint density at radius 1 is 0.390 bits per heavy atom. The van der Waals surface area contributed by atoms with Gasteiger partial charge in [-0.15, -0.1) is 0 Å². The molecule has 16 heterocycles. The number of aryl methyl sites for hydroxylation is 7. The van der Waals surface area contributed by atoms with Crippen molar-refractivity contribution in [2.45, 2.75) is 283 Å². The maximum Gasteiger partial charge on any atom is 0.451 e. The van der Waals surface area contributed by atoms with Crippen LogP contribution in [0.4, 0.5) is 36.6 Å². The molecule has 2 aliphatic heterocycles. The average molecular weight is 1700 g/mol. The molecule has 14 aromatic rings. The summed E-state index contributed by atoms with van der Waals surface area (Å²) in [6.07, 6.45) is 4.84. The number of hydrogen-bond donors (Lipinski definition) is 0. The summed E-state index contributed by atoms with van der Waals surface area (Å²) in [4.78, 5) is 47.0. The minimum Gasteiger partial charge on any atom is -0.356 e. The zero-order valence-corrected chi connectivity index (χ0v) is 75.7. The van der Waals surface area contributed by atoms with Gasteiger partial charge in [-0.3, -0.25) is 4.90 Å². The molecule has 14 aromatic heterocycles. The van der Waals surface area contributed by atoms with Gasteiger partial charge < -0.3 is 4.90 Å². The maximum absolute atomic E-state index is 13.1. The summed E-state index contributed by atoms with van der Waals surface area (Å²) >= 11 is 0. The van der Waals surface area contributed by atoms with Gasteiger partial charge in [0.2, 0.25) is 5.82 Å². The number of fused-ring (bicyclic) bond motifs is 6. The fourth-order valence-electron chi connectivity index (χ4n) is 14.4. The molecule has 123 heavy (non-hydrogen) atoms. The van der Waals surface area contributed by atoms with Crippen LogP contribution in [0.3, 0.4) is 0 Å². The van der Waals surface area contributed by atoms with Crippen molar-refractivity contribution in [3.63, 3.8) is 0 Å². The first-order valence-corrected chi connectivity index (χ1v) is 43.0. The van der Waals surface area contributed by atoms with Crippen molar-refractivity contribution < 1.29 is 30.7 Å². The Bertz CT molecular complexity index is 5750. The zero-order valence-electron chi connectivity index (χ0n) is 75.7. The van der Waals surface area contributed by atoms with E-state index in [0.717, 1.165) is 105 Å². The van der Waals surface area contributed by atoms with E-state index in [9.17, 15) is 30.7 Å². The topological polar surface area (TPSA) is 239 Å². The summed E-state index contributed by atoms with van der Waals surface area (Å²) in [5.74, 6) is 6.15. The van der Waals surface area contributed by atoms with Gasteiger partial charge >= 0.3 is 12.4 Å². The van der Waals surface area contributed by atoms with E-state index in [-0.39, 0.29) is 30.6 Å². The number of likely N-dealkylation sites (tertiary alicyclic amines) is 1. The zero-order chi connectivity index (χ0) is 89.5. The molecule has 1 atom stereocenters. The highest BCUT2D eigenvalue weighted by Crippen LogP contribution is 2.42. The van der Waals surface area contributed by atoms with Crippen LogP contribution < -0.4 is 4.90 Å². The Morgan fingerprint density at radius 3 is 1.33 bits per heavy atom. The third-order valence-corrected chi connectivity index (χ3v) is 21.4. The smallest absolute Gasteiger partial charge is 0.356 e. The predicted molar refractivity (Wildman–Crippen MR) is 468 cm³/mol. The highest BCUT2D eigenvalue weighted by molar-refractivity contribution is 5.50. The fraction of sp³-hybridized carbons (Fsp3) is 0.522. The monoisotopic (exact) mass is 1700 g/mol. The minimum absolute atomic E-state index is 0.0835. The second kappa shape index (κ2) is 39.3. The van der Waals surface area contributed by atoms with E-state index < -0.39 is 30.0 Å². The van der Waals surface area contributed by atoms with Crippen LogP contribution in [0.5, 0.6) is 0 Å². The maximum atomic E-state index is 13.1. The van der Waals surface area contributed by atoms with Gasteiger partial charge in [-0.25, -0.2) is 81.3 Å². The molecule has 4 aliphatic rings. The van der Waals surface area contributed by atoms with Crippen LogP contribution in [-0.4, -0.2) is 145 Å². The molecule has 24 nitrogen and oxygen atoms in total. The molecule has 2 saturated carbocycles. The predicted octanol–water partition coefficient (Wildman–Crippen LogP) is 21.3. The van der Waals surface area contributed by atoms with Crippen LogP contribution in [0.2, 0.25) is 0 Å². The molecule has 0 aromatic carbocycles. The van der Waals surface area contributed by atoms with Gasteiger partial charge in [0.25, 0.3) is 0 Å².